The van der Waals surface area contributed by atoms with Gasteiger partial charge in [0.2, 0.25) is 5.91 Å². The summed E-state index contributed by atoms with van der Waals surface area (Å²) in [6.45, 7) is 2.98. The molecular weight excluding hydrogens is 422 g/mol. The molecule has 1 amide bonds. The number of hydrogen-bond donors (Lipinski definition) is 1. The van der Waals surface area contributed by atoms with Crippen LogP contribution in [0.1, 0.15) is 35.4 Å². The molecule has 156 valence electrons. The predicted octanol–water partition coefficient (Wildman–Crippen LogP) is 5.17. The highest BCUT2D eigenvalue weighted by Crippen LogP contribution is 2.33. The number of para-hydroxylation sites is 1. The number of carbonyl (C=O) groups excluding carboxylic acids is 1. The van der Waals surface area contributed by atoms with Gasteiger partial charge in [0.25, 0.3) is 12.9 Å². The highest BCUT2D eigenvalue weighted by molar-refractivity contribution is 7.22. The van der Waals surface area contributed by atoms with Crippen molar-refractivity contribution in [3.63, 3.8) is 0 Å². The number of hydrogen-bond acceptors (Lipinski definition) is 5. The number of aromatic nitrogens is 4. The summed E-state index contributed by atoms with van der Waals surface area (Å²) in [4.78, 5) is 20.7. The van der Waals surface area contributed by atoms with Crippen molar-refractivity contribution >= 4 is 43.6 Å². The van der Waals surface area contributed by atoms with Gasteiger partial charge in [-0.2, -0.15) is 5.10 Å². The molecule has 1 aromatic carbocycles. The molecule has 30 heavy (non-hydrogen) atoms. The minimum atomic E-state index is -3.03. The molecule has 0 saturated heterocycles. The number of alkyl halides is 4. The number of benzene rings is 1. The van der Waals surface area contributed by atoms with Gasteiger partial charge in [-0.3, -0.25) is 4.79 Å². The van der Waals surface area contributed by atoms with Gasteiger partial charge in [-0.15, -0.1) is 0 Å². The first kappa shape index (κ1) is 20.2. The number of halogens is 4. The third kappa shape index (κ3) is 3.60. The second-order valence-electron chi connectivity index (χ2n) is 6.67. The van der Waals surface area contributed by atoms with Crippen molar-refractivity contribution in [3.05, 3.63) is 46.8 Å². The lowest BCUT2D eigenvalue weighted by Crippen LogP contribution is -2.19. The smallest absolute Gasteiger partial charge is 0.280 e. The highest BCUT2D eigenvalue weighted by atomic mass is 32.1. The lowest BCUT2D eigenvalue weighted by atomic mass is 10.1. The Labute approximate surface area is 171 Å². The number of carbonyl (C=O) groups is 1. The van der Waals surface area contributed by atoms with Crippen molar-refractivity contribution in [2.75, 3.05) is 5.32 Å². The average Bonchev–Trinajstić information content (AvgIpc) is 3.22. The number of amides is 1. The van der Waals surface area contributed by atoms with Crippen LogP contribution in [0.3, 0.4) is 0 Å². The summed E-state index contributed by atoms with van der Waals surface area (Å²) in [6, 6.07) is 6.34. The quantitative estimate of drug-likeness (QED) is 0.437. The van der Waals surface area contributed by atoms with E-state index in [-0.39, 0.29) is 23.3 Å². The van der Waals surface area contributed by atoms with E-state index in [1.165, 1.54) is 18.3 Å². The maximum atomic E-state index is 13.4. The summed E-state index contributed by atoms with van der Waals surface area (Å²) in [5.41, 5.74) is 0.347. The van der Waals surface area contributed by atoms with E-state index in [0.717, 1.165) is 20.5 Å². The standard InChI is InChI=1S/C19H15F4N5OS/c1-8-4-3-5-12-15(8)26-19(30-12)25-13(29)7-28-18-14(9(2)27-28)10(16(20)21)6-11(24-18)17(22)23/h3-6,16-17H,7H2,1-2H3,(H,25,26,29). The Morgan fingerprint density at radius 2 is 1.93 bits per heavy atom. The van der Waals surface area contributed by atoms with Gasteiger partial charge in [0.15, 0.2) is 10.8 Å². The van der Waals surface area contributed by atoms with E-state index in [0.29, 0.717) is 11.2 Å². The van der Waals surface area contributed by atoms with E-state index < -0.39 is 30.0 Å². The fourth-order valence-corrected chi connectivity index (χ4v) is 4.20. The molecule has 0 unspecified atom stereocenters. The van der Waals surface area contributed by atoms with Crippen molar-refractivity contribution in [1.82, 2.24) is 19.7 Å². The maximum Gasteiger partial charge on any atom is 0.280 e. The van der Waals surface area contributed by atoms with Crippen LogP contribution in [0.4, 0.5) is 22.7 Å². The number of anilines is 1. The molecule has 0 atom stereocenters. The van der Waals surface area contributed by atoms with Gasteiger partial charge in [-0.1, -0.05) is 23.5 Å². The Hall–Kier alpha value is -3.08. The van der Waals surface area contributed by atoms with Gasteiger partial charge < -0.3 is 5.32 Å². The monoisotopic (exact) mass is 437 g/mol. The molecule has 4 rings (SSSR count). The fourth-order valence-electron chi connectivity index (χ4n) is 3.24. The normalized spacial score (nSPS) is 11.9. The summed E-state index contributed by atoms with van der Waals surface area (Å²) in [6.07, 6.45) is -6.01. The van der Waals surface area contributed by atoms with Gasteiger partial charge in [0.1, 0.15) is 12.2 Å². The first-order valence-electron chi connectivity index (χ1n) is 8.85. The number of fused-ring (bicyclic) bond motifs is 2. The van der Waals surface area contributed by atoms with Gasteiger partial charge in [0, 0.05) is 5.56 Å². The predicted molar refractivity (Wildman–Crippen MR) is 105 cm³/mol. The average molecular weight is 437 g/mol. The van der Waals surface area contributed by atoms with Crippen LogP contribution in [0.25, 0.3) is 21.3 Å². The van der Waals surface area contributed by atoms with Gasteiger partial charge in [0.05, 0.1) is 21.3 Å². The molecule has 1 N–H and O–H groups in total. The second-order valence-corrected chi connectivity index (χ2v) is 7.70. The van der Waals surface area contributed by atoms with Crippen LogP contribution in [0, 0.1) is 13.8 Å². The number of pyridine rings is 1. The summed E-state index contributed by atoms with van der Waals surface area (Å²) in [7, 11) is 0. The minimum absolute atomic E-state index is 0.0298. The summed E-state index contributed by atoms with van der Waals surface area (Å²) < 4.78 is 55.1. The molecule has 0 radical (unpaired) electrons. The first-order chi connectivity index (χ1) is 14.2. The van der Waals surface area contributed by atoms with Crippen LogP contribution in [0.5, 0.6) is 0 Å². The first-order valence-corrected chi connectivity index (χ1v) is 9.66. The molecule has 0 fully saturated rings. The molecule has 4 aromatic rings. The van der Waals surface area contributed by atoms with Gasteiger partial charge >= 0.3 is 0 Å². The van der Waals surface area contributed by atoms with Crippen LogP contribution in [0.2, 0.25) is 0 Å². The molecular formula is C19H15F4N5OS. The number of rotatable bonds is 5. The Morgan fingerprint density at radius 1 is 1.17 bits per heavy atom. The molecule has 0 aliphatic rings. The Balaban J connectivity index is 1.67. The molecule has 0 aliphatic heterocycles. The summed E-state index contributed by atoms with van der Waals surface area (Å²) >= 11 is 1.29. The Morgan fingerprint density at radius 3 is 2.60 bits per heavy atom. The molecule has 0 bridgehead atoms. The van der Waals surface area contributed by atoms with Crippen LogP contribution < -0.4 is 5.32 Å². The fraction of sp³-hybridized carbons (Fsp3) is 0.263. The van der Waals surface area contributed by atoms with Crippen LogP contribution in [-0.4, -0.2) is 25.7 Å². The van der Waals surface area contributed by atoms with E-state index in [4.69, 9.17) is 0 Å². The largest absolute Gasteiger partial charge is 0.300 e. The van der Waals surface area contributed by atoms with E-state index in [2.05, 4.69) is 20.4 Å². The van der Waals surface area contributed by atoms with Crippen molar-refractivity contribution in [2.24, 2.45) is 0 Å². The number of nitrogens with one attached hydrogen (secondary N) is 1. The molecule has 3 heterocycles. The van der Waals surface area contributed by atoms with Gasteiger partial charge in [-0.25, -0.2) is 32.2 Å². The SMILES string of the molecule is Cc1cccc2sc(NC(=O)Cn3nc(C)c4c(C(F)F)cc(C(F)F)nc43)nc12. The minimum Gasteiger partial charge on any atom is -0.300 e. The number of thiazole rings is 1. The zero-order valence-corrected chi connectivity index (χ0v) is 16.6. The highest BCUT2D eigenvalue weighted by Gasteiger charge is 2.24. The zero-order valence-electron chi connectivity index (χ0n) is 15.8. The molecule has 11 heteroatoms. The van der Waals surface area contributed by atoms with Crippen molar-refractivity contribution in [3.8, 4) is 0 Å². The number of nitrogens with zero attached hydrogens (tertiary/aromatic N) is 4. The third-order valence-electron chi connectivity index (χ3n) is 4.55. The Bertz CT molecular complexity index is 1270. The number of aryl methyl sites for hydroxylation is 2. The molecule has 0 spiro atoms. The van der Waals surface area contributed by atoms with E-state index >= 15 is 0 Å². The summed E-state index contributed by atoms with van der Waals surface area (Å²) in [5, 5.41) is 7.05. The van der Waals surface area contributed by atoms with E-state index in [1.807, 2.05) is 25.1 Å². The van der Waals surface area contributed by atoms with E-state index in [9.17, 15) is 22.4 Å². The molecule has 0 aliphatic carbocycles. The molecule has 3 aromatic heterocycles. The van der Waals surface area contributed by atoms with Gasteiger partial charge in [-0.05, 0) is 31.5 Å². The lowest BCUT2D eigenvalue weighted by Gasteiger charge is -2.08. The third-order valence-corrected chi connectivity index (χ3v) is 5.48. The van der Waals surface area contributed by atoms with Crippen LogP contribution >= 0.6 is 11.3 Å². The Kier molecular flexibility index (Phi) is 5.14. The molecule has 0 saturated carbocycles. The van der Waals surface area contributed by atoms with Crippen molar-refractivity contribution in [1.29, 1.82) is 0 Å². The summed E-state index contributed by atoms with van der Waals surface area (Å²) in [5.74, 6) is -0.529. The van der Waals surface area contributed by atoms with Crippen LogP contribution in [-0.2, 0) is 11.3 Å². The van der Waals surface area contributed by atoms with Crippen molar-refractivity contribution in [2.45, 2.75) is 33.2 Å². The maximum absolute atomic E-state index is 13.4. The van der Waals surface area contributed by atoms with Crippen LogP contribution in [0.15, 0.2) is 24.3 Å². The van der Waals surface area contributed by atoms with Crippen molar-refractivity contribution < 1.29 is 22.4 Å². The van der Waals surface area contributed by atoms with E-state index in [1.54, 1.807) is 0 Å². The second kappa shape index (κ2) is 7.63. The lowest BCUT2D eigenvalue weighted by molar-refractivity contribution is -0.116. The molecule has 6 nitrogen and oxygen atoms in total. The zero-order chi connectivity index (χ0) is 21.6. The topological polar surface area (TPSA) is 72.7 Å².